The predicted molar refractivity (Wildman–Crippen MR) is 101 cm³/mol. The van der Waals surface area contributed by atoms with Crippen LogP contribution in [0.2, 0.25) is 0 Å². The number of nitrogens with zero attached hydrogens (tertiary/aromatic N) is 4. The molecule has 142 valence electrons. The minimum Gasteiger partial charge on any atom is -0.469 e. The van der Waals surface area contributed by atoms with Crippen molar-refractivity contribution in [3.8, 4) is 11.4 Å². The summed E-state index contributed by atoms with van der Waals surface area (Å²) in [6.45, 7) is 0. The second-order valence-electron chi connectivity index (χ2n) is 7.08. The van der Waals surface area contributed by atoms with Gasteiger partial charge in [0.1, 0.15) is 17.1 Å². The third kappa shape index (κ3) is 2.56. The molecular weight excluding hydrogens is 361 g/mol. The summed E-state index contributed by atoms with van der Waals surface area (Å²) in [5.74, 6) is -0.286. The van der Waals surface area contributed by atoms with Gasteiger partial charge in [-0.2, -0.15) is 0 Å². The van der Waals surface area contributed by atoms with Crippen LogP contribution in [0.4, 0.5) is 4.39 Å². The molecule has 28 heavy (non-hydrogen) atoms. The molecule has 4 aromatic rings. The maximum absolute atomic E-state index is 13.7. The van der Waals surface area contributed by atoms with Gasteiger partial charge in [0.05, 0.1) is 19.2 Å². The molecule has 7 nitrogen and oxygen atoms in total. The Kier molecular flexibility index (Phi) is 3.85. The molecule has 5 rings (SSSR count). The van der Waals surface area contributed by atoms with E-state index in [0.29, 0.717) is 22.4 Å². The first-order valence-electron chi connectivity index (χ1n) is 9.20. The van der Waals surface area contributed by atoms with E-state index in [1.54, 1.807) is 12.4 Å². The largest absolute Gasteiger partial charge is 0.469 e. The first-order chi connectivity index (χ1) is 13.7. The summed E-state index contributed by atoms with van der Waals surface area (Å²) in [7, 11) is 1.43. The number of carbonyl (C=O) groups excluding carboxylic acids is 1. The Balaban J connectivity index is 1.62. The van der Waals surface area contributed by atoms with Crippen molar-refractivity contribution in [2.24, 2.45) is 5.92 Å². The summed E-state index contributed by atoms with van der Waals surface area (Å²) in [5.41, 5.74) is 2.02. The number of carbonyl (C=O) groups is 1. The van der Waals surface area contributed by atoms with Crippen LogP contribution in [0.25, 0.3) is 33.5 Å². The molecule has 0 unspecified atom stereocenters. The van der Waals surface area contributed by atoms with E-state index < -0.39 is 5.82 Å². The van der Waals surface area contributed by atoms with Gasteiger partial charge in [0.2, 0.25) is 0 Å². The van der Waals surface area contributed by atoms with Crippen molar-refractivity contribution in [2.75, 3.05) is 7.11 Å². The molecule has 2 atom stereocenters. The lowest BCUT2D eigenvalue weighted by Crippen LogP contribution is -2.23. The summed E-state index contributed by atoms with van der Waals surface area (Å²) < 4.78 is 20.7. The molecule has 1 N–H and O–H groups in total. The Bertz CT molecular complexity index is 1200. The lowest BCUT2D eigenvalue weighted by atomic mass is 10.0. The van der Waals surface area contributed by atoms with Crippen molar-refractivity contribution in [1.29, 1.82) is 0 Å². The van der Waals surface area contributed by atoms with Crippen molar-refractivity contribution >= 4 is 28.0 Å². The van der Waals surface area contributed by atoms with Gasteiger partial charge in [-0.3, -0.25) is 4.79 Å². The van der Waals surface area contributed by atoms with Gasteiger partial charge in [0.15, 0.2) is 5.82 Å². The zero-order chi connectivity index (χ0) is 19.3. The van der Waals surface area contributed by atoms with Gasteiger partial charge >= 0.3 is 5.97 Å². The third-order valence-corrected chi connectivity index (χ3v) is 5.53. The van der Waals surface area contributed by atoms with E-state index >= 15 is 0 Å². The van der Waals surface area contributed by atoms with Gasteiger partial charge in [-0.1, -0.05) is 6.42 Å². The van der Waals surface area contributed by atoms with Crippen molar-refractivity contribution < 1.29 is 13.9 Å². The zero-order valence-electron chi connectivity index (χ0n) is 15.2. The minimum atomic E-state index is -0.412. The number of rotatable bonds is 3. The number of ether oxygens (including phenoxy) is 1. The fourth-order valence-electron chi connectivity index (χ4n) is 4.20. The van der Waals surface area contributed by atoms with Crippen LogP contribution in [-0.2, 0) is 9.53 Å². The molecule has 8 heteroatoms. The number of methoxy groups -OCH3 is 1. The molecule has 0 aromatic carbocycles. The summed E-state index contributed by atoms with van der Waals surface area (Å²) >= 11 is 0. The number of halogens is 1. The van der Waals surface area contributed by atoms with Crippen LogP contribution in [0.1, 0.15) is 25.3 Å². The number of hydrogen-bond acceptors (Lipinski definition) is 5. The molecule has 0 bridgehead atoms. The van der Waals surface area contributed by atoms with Gasteiger partial charge < -0.3 is 14.3 Å². The van der Waals surface area contributed by atoms with Crippen LogP contribution in [0.3, 0.4) is 0 Å². The van der Waals surface area contributed by atoms with Crippen LogP contribution in [0.15, 0.2) is 36.9 Å². The van der Waals surface area contributed by atoms with E-state index in [4.69, 9.17) is 9.72 Å². The molecule has 0 aliphatic heterocycles. The number of H-pyrrole nitrogens is 1. The summed E-state index contributed by atoms with van der Waals surface area (Å²) in [6, 6.07) is 3.38. The standard InChI is InChI=1S/C20H18FN5O2/c1-28-20(27)13-3-2-4-16(13)26-6-5-11-8-22-18(25-19(11)26)15-10-24-17-14(15)7-12(21)9-23-17/h5-10,13,16H,2-4H2,1H3,(H,23,24)/t13-,16-/m1/s1. The SMILES string of the molecule is COC(=O)[C@@H]1CCC[C@H]1n1ccc2cnc(-c3c[nH]c4ncc(F)cc34)nc21. The first-order valence-corrected chi connectivity index (χ1v) is 9.20. The topological polar surface area (TPSA) is 85.7 Å². The van der Waals surface area contributed by atoms with E-state index in [1.807, 2.05) is 16.8 Å². The van der Waals surface area contributed by atoms with E-state index in [0.717, 1.165) is 30.3 Å². The number of pyridine rings is 1. The van der Waals surface area contributed by atoms with E-state index in [9.17, 15) is 9.18 Å². The van der Waals surface area contributed by atoms with Gasteiger partial charge in [-0.05, 0) is 25.0 Å². The monoisotopic (exact) mass is 379 g/mol. The molecule has 1 saturated carbocycles. The highest BCUT2D eigenvalue weighted by molar-refractivity contribution is 5.92. The number of nitrogens with one attached hydrogen (secondary N) is 1. The van der Waals surface area contributed by atoms with Crippen molar-refractivity contribution in [1.82, 2.24) is 24.5 Å². The number of esters is 1. The average molecular weight is 379 g/mol. The number of hydrogen-bond donors (Lipinski definition) is 1. The quantitative estimate of drug-likeness (QED) is 0.550. The van der Waals surface area contributed by atoms with E-state index in [-0.39, 0.29) is 17.9 Å². The molecule has 1 aliphatic rings. The van der Waals surface area contributed by atoms with Crippen LogP contribution >= 0.6 is 0 Å². The zero-order valence-corrected chi connectivity index (χ0v) is 15.2. The predicted octanol–water partition coefficient (Wildman–Crippen LogP) is 3.63. The molecular formula is C20H18FN5O2. The minimum absolute atomic E-state index is 0.00906. The van der Waals surface area contributed by atoms with Crippen LogP contribution in [0.5, 0.6) is 0 Å². The highest BCUT2D eigenvalue weighted by Gasteiger charge is 2.35. The van der Waals surface area contributed by atoms with Crippen molar-refractivity contribution in [3.05, 3.63) is 42.7 Å². The molecule has 1 aliphatic carbocycles. The summed E-state index contributed by atoms with van der Waals surface area (Å²) in [6.07, 6.45) is 9.28. The van der Waals surface area contributed by atoms with Crippen LogP contribution in [0, 0.1) is 11.7 Å². The Morgan fingerprint density at radius 3 is 3.07 bits per heavy atom. The average Bonchev–Trinajstić information content (AvgIpc) is 3.43. The normalized spacial score (nSPS) is 19.5. The maximum atomic E-state index is 13.7. The smallest absolute Gasteiger partial charge is 0.310 e. The summed E-state index contributed by atoms with van der Waals surface area (Å²) in [5, 5.41) is 1.52. The van der Waals surface area contributed by atoms with Crippen LogP contribution in [-0.4, -0.2) is 37.6 Å². The highest BCUT2D eigenvalue weighted by atomic mass is 19.1. The number of aromatic nitrogens is 5. The van der Waals surface area contributed by atoms with Gasteiger partial charge in [-0.15, -0.1) is 0 Å². The Morgan fingerprint density at radius 2 is 2.21 bits per heavy atom. The van der Waals surface area contributed by atoms with Crippen LogP contribution < -0.4 is 0 Å². The fraction of sp³-hybridized carbons (Fsp3) is 0.300. The van der Waals surface area contributed by atoms with Gasteiger partial charge in [0, 0.05) is 41.0 Å². The second-order valence-corrected chi connectivity index (χ2v) is 7.08. The van der Waals surface area contributed by atoms with E-state index in [1.165, 1.54) is 19.4 Å². The Hall–Kier alpha value is -3.29. The maximum Gasteiger partial charge on any atom is 0.310 e. The molecule has 0 radical (unpaired) electrons. The molecule has 4 aromatic heterocycles. The molecule has 4 heterocycles. The molecule has 0 amide bonds. The lowest BCUT2D eigenvalue weighted by molar-refractivity contribution is -0.146. The molecule has 0 saturated heterocycles. The highest BCUT2D eigenvalue weighted by Crippen LogP contribution is 2.38. The van der Waals surface area contributed by atoms with Crippen molar-refractivity contribution in [3.63, 3.8) is 0 Å². The Morgan fingerprint density at radius 1 is 1.32 bits per heavy atom. The number of fused-ring (bicyclic) bond motifs is 2. The third-order valence-electron chi connectivity index (χ3n) is 5.53. The van der Waals surface area contributed by atoms with Gasteiger partial charge in [0.25, 0.3) is 0 Å². The van der Waals surface area contributed by atoms with Gasteiger partial charge in [-0.25, -0.2) is 19.3 Å². The van der Waals surface area contributed by atoms with Crippen molar-refractivity contribution in [2.45, 2.75) is 25.3 Å². The molecule has 1 fully saturated rings. The lowest BCUT2D eigenvalue weighted by Gasteiger charge is -2.20. The molecule has 0 spiro atoms. The number of aromatic amines is 1. The second kappa shape index (κ2) is 6.40. The first kappa shape index (κ1) is 16.9. The fourth-order valence-corrected chi connectivity index (χ4v) is 4.20. The Labute approximate surface area is 159 Å². The van der Waals surface area contributed by atoms with E-state index in [2.05, 4.69) is 15.0 Å². The summed E-state index contributed by atoms with van der Waals surface area (Å²) in [4.78, 5) is 28.5.